The summed E-state index contributed by atoms with van der Waals surface area (Å²) in [5, 5.41) is 0.820. The van der Waals surface area contributed by atoms with E-state index >= 15 is 0 Å². The Bertz CT molecular complexity index is 659. The average Bonchev–Trinajstić information content (AvgIpc) is 3.09. The molecule has 1 fully saturated rings. The predicted octanol–water partition coefficient (Wildman–Crippen LogP) is 3.94. The van der Waals surface area contributed by atoms with Gasteiger partial charge in [0.05, 0.1) is 6.54 Å². The lowest BCUT2D eigenvalue weighted by atomic mass is 9.96. The summed E-state index contributed by atoms with van der Waals surface area (Å²) in [5.74, 6) is 1.98. The minimum Gasteiger partial charge on any atom is -0.334 e. The van der Waals surface area contributed by atoms with Crippen molar-refractivity contribution in [3.8, 4) is 0 Å². The van der Waals surface area contributed by atoms with Crippen molar-refractivity contribution in [1.82, 2.24) is 19.4 Å². The molecule has 142 valence electrons. The zero-order valence-corrected chi connectivity index (χ0v) is 16.8. The topological polar surface area (TPSA) is 24.3 Å². The fourth-order valence-electron chi connectivity index (χ4n) is 3.86. The first-order valence-corrected chi connectivity index (χ1v) is 10.2. The van der Waals surface area contributed by atoms with Gasteiger partial charge < -0.3 is 9.47 Å². The minimum absolute atomic E-state index is 0.803. The molecule has 2 aromatic rings. The summed E-state index contributed by atoms with van der Waals surface area (Å²) >= 11 is 5.96. The van der Waals surface area contributed by atoms with Crippen molar-refractivity contribution in [2.24, 2.45) is 5.92 Å². The number of aromatic nitrogens is 2. The number of hydrogen-bond donors (Lipinski definition) is 0. The molecule has 0 N–H and O–H groups in total. The zero-order valence-electron chi connectivity index (χ0n) is 16.1. The van der Waals surface area contributed by atoms with Gasteiger partial charge in [-0.25, -0.2) is 4.98 Å². The Hall–Kier alpha value is -1.36. The third kappa shape index (κ3) is 5.57. The van der Waals surface area contributed by atoms with Crippen LogP contribution in [0.25, 0.3) is 0 Å². The molecule has 0 radical (unpaired) electrons. The van der Waals surface area contributed by atoms with Crippen LogP contribution in [0.1, 0.15) is 31.2 Å². The number of piperidine rings is 1. The highest BCUT2D eigenvalue weighted by Gasteiger charge is 2.20. The lowest BCUT2D eigenvalue weighted by Gasteiger charge is -2.33. The molecule has 1 aliphatic rings. The Balaban J connectivity index is 1.37. The van der Waals surface area contributed by atoms with Gasteiger partial charge in [-0.1, -0.05) is 23.7 Å². The summed E-state index contributed by atoms with van der Waals surface area (Å²) in [4.78, 5) is 9.53. The molecule has 26 heavy (non-hydrogen) atoms. The molecule has 1 aromatic carbocycles. The minimum atomic E-state index is 0.803. The van der Waals surface area contributed by atoms with Crippen LogP contribution < -0.4 is 0 Å². The zero-order chi connectivity index (χ0) is 18.4. The molecule has 0 aliphatic carbocycles. The fraction of sp³-hybridized carbons (Fsp3) is 0.571. The summed E-state index contributed by atoms with van der Waals surface area (Å²) in [6.07, 6.45) is 7.69. The molecule has 2 heterocycles. The normalized spacial score (nSPS) is 16.5. The maximum Gasteiger partial charge on any atom is 0.122 e. The van der Waals surface area contributed by atoms with E-state index in [2.05, 4.69) is 51.7 Å². The van der Waals surface area contributed by atoms with Gasteiger partial charge in [0.15, 0.2) is 0 Å². The standard InChI is InChI=1S/C21H31ClN4/c1-3-26-15-11-23-21(26)17-24(2)16-19-9-13-25(14-10-19)12-8-18-4-6-20(22)7-5-18/h4-7,11,15,19H,3,8-10,12-14,16-17H2,1-2H3. The molecule has 1 aromatic heterocycles. The first kappa shape index (κ1) is 19.4. The van der Waals surface area contributed by atoms with Crippen LogP contribution in [0.5, 0.6) is 0 Å². The van der Waals surface area contributed by atoms with Crippen molar-refractivity contribution in [2.75, 3.05) is 33.2 Å². The predicted molar refractivity (Wildman–Crippen MR) is 109 cm³/mol. The van der Waals surface area contributed by atoms with Crippen LogP contribution in [0.15, 0.2) is 36.7 Å². The highest BCUT2D eigenvalue weighted by molar-refractivity contribution is 6.30. The van der Waals surface area contributed by atoms with Gasteiger partial charge in [-0.2, -0.15) is 0 Å². The third-order valence-corrected chi connectivity index (χ3v) is 5.71. The molecule has 3 rings (SSSR count). The first-order valence-electron chi connectivity index (χ1n) is 9.79. The maximum absolute atomic E-state index is 5.96. The van der Waals surface area contributed by atoms with Gasteiger partial charge in [0.25, 0.3) is 0 Å². The summed E-state index contributed by atoms with van der Waals surface area (Å²) in [5.41, 5.74) is 1.38. The van der Waals surface area contributed by atoms with Crippen molar-refractivity contribution >= 4 is 11.6 Å². The summed E-state index contributed by atoms with van der Waals surface area (Å²) in [6.45, 7) is 8.86. The maximum atomic E-state index is 5.96. The van der Waals surface area contributed by atoms with E-state index in [4.69, 9.17) is 11.6 Å². The smallest absolute Gasteiger partial charge is 0.122 e. The molecule has 0 amide bonds. The number of benzene rings is 1. The van der Waals surface area contributed by atoms with Crippen molar-refractivity contribution in [3.05, 3.63) is 53.1 Å². The van der Waals surface area contributed by atoms with E-state index in [9.17, 15) is 0 Å². The van der Waals surface area contributed by atoms with E-state index < -0.39 is 0 Å². The largest absolute Gasteiger partial charge is 0.334 e. The molecule has 0 atom stereocenters. The molecule has 4 nitrogen and oxygen atoms in total. The molecular weight excluding hydrogens is 344 g/mol. The van der Waals surface area contributed by atoms with Gasteiger partial charge in [-0.3, -0.25) is 4.90 Å². The Morgan fingerprint density at radius 2 is 1.92 bits per heavy atom. The first-order chi connectivity index (χ1) is 12.6. The Kier molecular flexibility index (Phi) is 7.12. The number of aryl methyl sites for hydroxylation is 1. The summed E-state index contributed by atoms with van der Waals surface area (Å²) in [7, 11) is 2.22. The Morgan fingerprint density at radius 3 is 2.62 bits per heavy atom. The van der Waals surface area contributed by atoms with Crippen molar-refractivity contribution in [2.45, 2.75) is 39.3 Å². The third-order valence-electron chi connectivity index (χ3n) is 5.46. The van der Waals surface area contributed by atoms with E-state index in [1.54, 1.807) is 0 Å². The molecule has 0 saturated carbocycles. The van der Waals surface area contributed by atoms with Crippen LogP contribution >= 0.6 is 11.6 Å². The van der Waals surface area contributed by atoms with Gasteiger partial charge in [-0.05, 0) is 69.9 Å². The highest BCUT2D eigenvalue weighted by Crippen LogP contribution is 2.19. The second-order valence-corrected chi connectivity index (χ2v) is 7.92. The molecule has 0 unspecified atom stereocenters. The van der Waals surface area contributed by atoms with E-state index in [1.807, 2.05) is 18.3 Å². The number of imidazole rings is 1. The quantitative estimate of drug-likeness (QED) is 0.699. The molecule has 1 saturated heterocycles. The van der Waals surface area contributed by atoms with Crippen LogP contribution in [0.3, 0.4) is 0 Å². The lowest BCUT2D eigenvalue weighted by molar-refractivity contribution is 0.152. The Labute approximate surface area is 162 Å². The monoisotopic (exact) mass is 374 g/mol. The summed E-state index contributed by atoms with van der Waals surface area (Å²) in [6, 6.07) is 8.26. The SMILES string of the molecule is CCn1ccnc1CN(C)CC1CCN(CCc2ccc(Cl)cc2)CC1. The van der Waals surface area contributed by atoms with Crippen LogP contribution in [0.2, 0.25) is 5.02 Å². The molecule has 0 bridgehead atoms. The fourth-order valence-corrected chi connectivity index (χ4v) is 3.98. The van der Waals surface area contributed by atoms with Crippen molar-refractivity contribution < 1.29 is 0 Å². The number of halogens is 1. The lowest BCUT2D eigenvalue weighted by Crippen LogP contribution is -2.38. The molecule has 5 heteroatoms. The van der Waals surface area contributed by atoms with Gasteiger partial charge in [-0.15, -0.1) is 0 Å². The van der Waals surface area contributed by atoms with E-state index in [0.29, 0.717) is 0 Å². The van der Waals surface area contributed by atoms with Crippen molar-refractivity contribution in [1.29, 1.82) is 0 Å². The number of likely N-dealkylation sites (tertiary alicyclic amines) is 1. The second-order valence-electron chi connectivity index (χ2n) is 7.49. The van der Waals surface area contributed by atoms with E-state index in [-0.39, 0.29) is 0 Å². The van der Waals surface area contributed by atoms with Gasteiger partial charge in [0, 0.05) is 37.1 Å². The average molecular weight is 375 g/mol. The second kappa shape index (κ2) is 9.54. The molecule has 1 aliphatic heterocycles. The Morgan fingerprint density at radius 1 is 1.19 bits per heavy atom. The highest BCUT2D eigenvalue weighted by atomic mass is 35.5. The number of hydrogen-bond acceptors (Lipinski definition) is 3. The van der Waals surface area contributed by atoms with Crippen LogP contribution in [-0.2, 0) is 19.5 Å². The number of nitrogens with zero attached hydrogens (tertiary/aromatic N) is 4. The molecular formula is C21H31ClN4. The van der Waals surface area contributed by atoms with Gasteiger partial charge >= 0.3 is 0 Å². The number of rotatable bonds is 8. The van der Waals surface area contributed by atoms with Gasteiger partial charge in [0.1, 0.15) is 5.82 Å². The van der Waals surface area contributed by atoms with Gasteiger partial charge in [0.2, 0.25) is 0 Å². The van der Waals surface area contributed by atoms with Crippen LogP contribution in [0.4, 0.5) is 0 Å². The summed E-state index contributed by atoms with van der Waals surface area (Å²) < 4.78 is 2.23. The van der Waals surface area contributed by atoms with E-state index in [1.165, 1.54) is 43.9 Å². The molecule has 0 spiro atoms. The van der Waals surface area contributed by atoms with Crippen LogP contribution in [0, 0.1) is 5.92 Å². The van der Waals surface area contributed by atoms with Crippen LogP contribution in [-0.4, -0.2) is 52.6 Å². The van der Waals surface area contributed by atoms with Crippen molar-refractivity contribution in [3.63, 3.8) is 0 Å². The van der Waals surface area contributed by atoms with E-state index in [0.717, 1.165) is 37.0 Å².